The molecular weight excluding hydrogens is 370 g/mol. The molecule has 0 saturated heterocycles. The fraction of sp³-hybridized carbons (Fsp3) is 0.238. The number of rotatable bonds is 5. The highest BCUT2D eigenvalue weighted by molar-refractivity contribution is 5.96. The smallest absolute Gasteiger partial charge is 0.267 e. The molecule has 0 spiro atoms. The summed E-state index contributed by atoms with van der Waals surface area (Å²) in [5.41, 5.74) is 1.72. The van der Waals surface area contributed by atoms with Crippen LogP contribution < -0.4 is 16.4 Å². The number of carbonyl (C=O) groups excluding carboxylic acids is 1. The number of pyridine rings is 2. The molecule has 4 rings (SSSR count). The molecule has 0 saturated carbocycles. The van der Waals surface area contributed by atoms with Crippen LogP contribution in [0.3, 0.4) is 0 Å². The average Bonchev–Trinajstić information content (AvgIpc) is 3.23. The van der Waals surface area contributed by atoms with E-state index in [0.29, 0.717) is 29.0 Å². The summed E-state index contributed by atoms with van der Waals surface area (Å²) in [5, 5.41) is 11.6. The van der Waals surface area contributed by atoms with Crippen LogP contribution in [-0.2, 0) is 13.1 Å². The number of carbonyl (C=O) groups is 1. The summed E-state index contributed by atoms with van der Waals surface area (Å²) in [6, 6.07) is 8.63. The summed E-state index contributed by atoms with van der Waals surface area (Å²) in [5.74, 6) is 0.169. The third-order valence-electron chi connectivity index (χ3n) is 4.83. The van der Waals surface area contributed by atoms with Gasteiger partial charge in [0.05, 0.1) is 23.8 Å². The molecule has 8 nitrogen and oxygen atoms in total. The minimum atomic E-state index is -0.438. The van der Waals surface area contributed by atoms with Gasteiger partial charge in [-0.1, -0.05) is 13.0 Å². The van der Waals surface area contributed by atoms with Crippen LogP contribution in [0.5, 0.6) is 0 Å². The molecule has 0 radical (unpaired) electrons. The predicted molar refractivity (Wildman–Crippen MR) is 108 cm³/mol. The Bertz CT molecular complexity index is 1330. The molecule has 4 aromatic rings. The Kier molecular flexibility index (Phi) is 4.75. The molecule has 0 fully saturated rings. The molecule has 0 aromatic carbocycles. The van der Waals surface area contributed by atoms with Crippen molar-refractivity contribution in [2.75, 3.05) is 0 Å². The van der Waals surface area contributed by atoms with Gasteiger partial charge in [0.2, 0.25) is 0 Å². The Morgan fingerprint density at radius 1 is 1.28 bits per heavy atom. The van der Waals surface area contributed by atoms with Crippen LogP contribution in [0.15, 0.2) is 52.0 Å². The zero-order chi connectivity index (χ0) is 20.5. The molecule has 8 heteroatoms. The highest BCUT2D eigenvalue weighted by Crippen LogP contribution is 2.13. The molecule has 0 aliphatic carbocycles. The summed E-state index contributed by atoms with van der Waals surface area (Å²) in [6.07, 6.45) is 3.92. The lowest BCUT2D eigenvalue weighted by Crippen LogP contribution is -2.34. The summed E-state index contributed by atoms with van der Waals surface area (Å²) in [6.45, 7) is 4.53. The number of nitrogens with one attached hydrogen (secondary N) is 2. The van der Waals surface area contributed by atoms with Crippen molar-refractivity contribution in [2.45, 2.75) is 33.4 Å². The average molecular weight is 391 g/mol. The van der Waals surface area contributed by atoms with Crippen LogP contribution in [0.25, 0.3) is 16.7 Å². The molecule has 0 atom stereocenters. The number of aryl methyl sites for hydroxylation is 2. The monoisotopic (exact) mass is 391 g/mol. The summed E-state index contributed by atoms with van der Waals surface area (Å²) < 4.78 is 8.34. The van der Waals surface area contributed by atoms with Crippen molar-refractivity contribution < 1.29 is 9.21 Å². The van der Waals surface area contributed by atoms with E-state index < -0.39 is 5.91 Å². The van der Waals surface area contributed by atoms with Gasteiger partial charge in [-0.05, 0) is 43.2 Å². The largest absolute Gasteiger partial charge is 0.467 e. The maximum Gasteiger partial charge on any atom is 0.267 e. The van der Waals surface area contributed by atoms with Gasteiger partial charge in [-0.2, -0.15) is 0 Å². The number of hydrogen-bond donors (Lipinski definition) is 2. The van der Waals surface area contributed by atoms with Gasteiger partial charge in [-0.15, -0.1) is 0 Å². The Hall–Kier alpha value is -3.68. The second-order valence-electron chi connectivity index (χ2n) is 6.86. The SMILES string of the molecule is CCCn1c(=N)c(C(=O)NCc2ccco2)cc2c(=O)n3cccc(C)c3nc21. The molecule has 0 unspecified atom stereocenters. The summed E-state index contributed by atoms with van der Waals surface area (Å²) in [4.78, 5) is 30.6. The zero-order valence-electron chi connectivity index (χ0n) is 16.2. The van der Waals surface area contributed by atoms with Crippen molar-refractivity contribution in [3.05, 3.63) is 75.5 Å². The first-order chi connectivity index (χ1) is 14.0. The molecule has 0 bridgehead atoms. The zero-order valence-corrected chi connectivity index (χ0v) is 16.2. The van der Waals surface area contributed by atoms with Crippen LogP contribution in [0, 0.1) is 12.3 Å². The van der Waals surface area contributed by atoms with Crippen molar-refractivity contribution in [2.24, 2.45) is 0 Å². The Morgan fingerprint density at radius 2 is 2.10 bits per heavy atom. The van der Waals surface area contributed by atoms with Gasteiger partial charge in [0.1, 0.15) is 22.5 Å². The topological polar surface area (TPSA) is 105 Å². The van der Waals surface area contributed by atoms with Crippen LogP contribution in [0.2, 0.25) is 0 Å². The lowest BCUT2D eigenvalue weighted by atomic mass is 10.2. The number of nitrogens with zero attached hydrogens (tertiary/aromatic N) is 3. The van der Waals surface area contributed by atoms with Crippen LogP contribution in [-0.4, -0.2) is 19.9 Å². The second-order valence-corrected chi connectivity index (χ2v) is 6.86. The van der Waals surface area contributed by atoms with Gasteiger partial charge in [0, 0.05) is 12.7 Å². The van der Waals surface area contributed by atoms with Crippen molar-refractivity contribution in [3.8, 4) is 0 Å². The van der Waals surface area contributed by atoms with Crippen molar-refractivity contribution >= 4 is 22.6 Å². The van der Waals surface area contributed by atoms with Gasteiger partial charge < -0.3 is 14.3 Å². The van der Waals surface area contributed by atoms with Gasteiger partial charge in [0.15, 0.2) is 0 Å². The Balaban J connectivity index is 1.92. The number of furan rings is 1. The quantitative estimate of drug-likeness (QED) is 0.510. The number of hydrogen-bond acceptors (Lipinski definition) is 5. The fourth-order valence-electron chi connectivity index (χ4n) is 3.39. The molecule has 148 valence electrons. The third-order valence-corrected chi connectivity index (χ3v) is 4.83. The maximum absolute atomic E-state index is 13.1. The van der Waals surface area contributed by atoms with Crippen LogP contribution in [0.4, 0.5) is 0 Å². The van der Waals surface area contributed by atoms with Crippen molar-refractivity contribution in [1.29, 1.82) is 5.41 Å². The molecule has 4 aromatic heterocycles. The minimum Gasteiger partial charge on any atom is -0.467 e. The molecule has 0 aliphatic rings. The second kappa shape index (κ2) is 7.38. The van der Waals surface area contributed by atoms with Gasteiger partial charge >= 0.3 is 0 Å². The van der Waals surface area contributed by atoms with Crippen LogP contribution >= 0.6 is 0 Å². The predicted octanol–water partition coefficient (Wildman–Crippen LogP) is 2.37. The van der Waals surface area contributed by atoms with E-state index in [1.165, 1.54) is 16.7 Å². The summed E-state index contributed by atoms with van der Waals surface area (Å²) >= 11 is 0. The van der Waals surface area contributed by atoms with Crippen molar-refractivity contribution in [1.82, 2.24) is 19.3 Å². The minimum absolute atomic E-state index is 0.0288. The molecular formula is C21H21N5O3. The summed E-state index contributed by atoms with van der Waals surface area (Å²) in [7, 11) is 0. The van der Waals surface area contributed by atoms with Crippen LogP contribution in [0.1, 0.15) is 35.0 Å². The number of amides is 1. The molecule has 2 N–H and O–H groups in total. The van der Waals surface area contributed by atoms with E-state index in [1.54, 1.807) is 29.0 Å². The van der Waals surface area contributed by atoms with E-state index in [0.717, 1.165) is 12.0 Å². The van der Waals surface area contributed by atoms with E-state index in [4.69, 9.17) is 9.83 Å². The van der Waals surface area contributed by atoms with Gasteiger partial charge in [0.25, 0.3) is 11.5 Å². The van der Waals surface area contributed by atoms with E-state index in [2.05, 4.69) is 10.3 Å². The number of fused-ring (bicyclic) bond motifs is 2. The standard InChI is InChI=1S/C21H21N5O3/c1-3-8-25-17(22)15(20(27)23-12-14-7-5-10-29-14)11-16-19(25)24-18-13(2)6-4-9-26(18)21(16)28/h4-7,9-11,22H,3,8,12H2,1-2H3,(H,23,27). The first-order valence-corrected chi connectivity index (χ1v) is 9.42. The fourth-order valence-corrected chi connectivity index (χ4v) is 3.39. The number of aromatic nitrogens is 3. The maximum atomic E-state index is 13.1. The van der Waals surface area contributed by atoms with E-state index in [-0.39, 0.29) is 23.2 Å². The first kappa shape index (κ1) is 18.7. The molecule has 0 aliphatic heterocycles. The Labute approximate surface area is 165 Å². The lowest BCUT2D eigenvalue weighted by molar-refractivity contribution is 0.0945. The van der Waals surface area contributed by atoms with Gasteiger partial charge in [-0.25, -0.2) is 4.98 Å². The first-order valence-electron chi connectivity index (χ1n) is 9.42. The highest BCUT2D eigenvalue weighted by atomic mass is 16.3. The highest BCUT2D eigenvalue weighted by Gasteiger charge is 2.17. The van der Waals surface area contributed by atoms with Gasteiger partial charge in [-0.3, -0.25) is 19.4 Å². The normalized spacial score (nSPS) is 11.2. The molecule has 29 heavy (non-hydrogen) atoms. The van der Waals surface area contributed by atoms with E-state index in [9.17, 15) is 9.59 Å². The van der Waals surface area contributed by atoms with E-state index >= 15 is 0 Å². The Morgan fingerprint density at radius 3 is 2.83 bits per heavy atom. The van der Waals surface area contributed by atoms with Crippen molar-refractivity contribution in [3.63, 3.8) is 0 Å². The third kappa shape index (κ3) is 3.22. The van der Waals surface area contributed by atoms with E-state index in [1.807, 2.05) is 19.9 Å². The molecule has 4 heterocycles. The molecule has 1 amide bonds. The lowest BCUT2D eigenvalue weighted by Gasteiger charge is -2.14.